The molecule has 0 fully saturated rings. The normalized spacial score (nSPS) is 10.8. The van der Waals surface area contributed by atoms with Crippen LogP contribution in [0.5, 0.6) is 0 Å². The molecule has 0 radical (unpaired) electrons. The van der Waals surface area contributed by atoms with Crippen molar-refractivity contribution in [2.24, 2.45) is 0 Å². The molecule has 2 aromatic carbocycles. The highest BCUT2D eigenvalue weighted by Crippen LogP contribution is 2.30. The smallest absolute Gasteiger partial charge is 0.0731 e. The van der Waals surface area contributed by atoms with Gasteiger partial charge in [0.1, 0.15) is 0 Å². The van der Waals surface area contributed by atoms with Gasteiger partial charge in [0.15, 0.2) is 0 Å². The Hall–Kier alpha value is -3.26. The van der Waals surface area contributed by atoms with E-state index < -0.39 is 0 Å². The molecule has 0 bridgehead atoms. The first-order valence-electron chi connectivity index (χ1n) is 9.18. The minimum Gasteiger partial charge on any atom is -0.261 e. The number of benzene rings is 2. The van der Waals surface area contributed by atoms with Crippen molar-refractivity contribution >= 4 is 0 Å². The predicted octanol–water partition coefficient (Wildman–Crippen LogP) is 6.40. The van der Waals surface area contributed by atoms with Gasteiger partial charge < -0.3 is 0 Å². The lowest BCUT2D eigenvalue weighted by Crippen LogP contribution is -1.92. The fourth-order valence-electron chi connectivity index (χ4n) is 3.08. The summed E-state index contributed by atoms with van der Waals surface area (Å²) < 4.78 is 0. The molecule has 0 unspecified atom stereocenters. The lowest BCUT2D eigenvalue weighted by atomic mass is 9.99. The van der Waals surface area contributed by atoms with Crippen molar-refractivity contribution in [1.82, 2.24) is 9.97 Å². The lowest BCUT2D eigenvalue weighted by molar-refractivity contribution is 1.19. The third-order valence-electron chi connectivity index (χ3n) is 4.76. The highest BCUT2D eigenvalue weighted by atomic mass is 14.7. The summed E-state index contributed by atoms with van der Waals surface area (Å²) in [4.78, 5) is 9.38. The summed E-state index contributed by atoms with van der Waals surface area (Å²) in [6.45, 7) is 6.21. The van der Waals surface area contributed by atoms with E-state index in [1.807, 2.05) is 19.2 Å². The fraction of sp³-hybridized carbons (Fsp3) is 0.120. The van der Waals surface area contributed by atoms with Gasteiger partial charge >= 0.3 is 0 Å². The van der Waals surface area contributed by atoms with Gasteiger partial charge in [0.2, 0.25) is 0 Å². The minimum atomic E-state index is 0.941. The Labute approximate surface area is 160 Å². The summed E-state index contributed by atoms with van der Waals surface area (Å²) in [6, 6.07) is 25.6. The van der Waals surface area contributed by atoms with Crippen molar-refractivity contribution < 1.29 is 0 Å². The van der Waals surface area contributed by atoms with Gasteiger partial charge in [0.25, 0.3) is 0 Å². The van der Waals surface area contributed by atoms with Crippen LogP contribution < -0.4 is 0 Å². The first-order chi connectivity index (χ1) is 13.1. The Morgan fingerprint density at radius 3 is 1.59 bits per heavy atom. The maximum Gasteiger partial charge on any atom is 0.0731 e. The number of hydrogen-bond acceptors (Lipinski definition) is 2. The molecular weight excluding hydrogens is 328 g/mol. The van der Waals surface area contributed by atoms with Gasteiger partial charge in [-0.15, -0.1) is 0 Å². The Morgan fingerprint density at radius 2 is 1.04 bits per heavy atom. The van der Waals surface area contributed by atoms with E-state index in [-0.39, 0.29) is 0 Å². The number of rotatable bonds is 3. The van der Waals surface area contributed by atoms with Crippen LogP contribution in [0, 0.1) is 20.8 Å². The third kappa shape index (κ3) is 3.80. The van der Waals surface area contributed by atoms with Crippen LogP contribution >= 0.6 is 0 Å². The van der Waals surface area contributed by atoms with Gasteiger partial charge in [0.05, 0.1) is 11.4 Å². The van der Waals surface area contributed by atoms with Crippen LogP contribution in [-0.4, -0.2) is 9.97 Å². The molecule has 2 heteroatoms. The zero-order valence-corrected chi connectivity index (χ0v) is 15.9. The number of pyridine rings is 2. The molecule has 27 heavy (non-hydrogen) atoms. The van der Waals surface area contributed by atoms with Crippen molar-refractivity contribution in [3.8, 4) is 33.6 Å². The Morgan fingerprint density at radius 1 is 0.519 bits per heavy atom. The van der Waals surface area contributed by atoms with E-state index in [0.717, 1.165) is 33.8 Å². The first kappa shape index (κ1) is 17.2. The second-order valence-electron chi connectivity index (χ2n) is 7.05. The molecule has 0 aliphatic rings. The molecule has 0 saturated heterocycles. The molecule has 4 rings (SSSR count). The van der Waals surface area contributed by atoms with E-state index in [0.29, 0.717) is 0 Å². The standard InChI is InChI=1S/C25H22N2/c1-17-4-9-20(10-5-17)23-14-24(21-11-6-18(2)7-12-21)27-25(15-23)22-13-8-19(3)26-16-22/h4-16H,1-3H3. The summed E-state index contributed by atoms with van der Waals surface area (Å²) >= 11 is 0. The average molecular weight is 350 g/mol. The van der Waals surface area contributed by atoms with E-state index >= 15 is 0 Å². The Bertz CT molecular complexity index is 907. The first-order valence-corrected chi connectivity index (χ1v) is 9.18. The minimum absolute atomic E-state index is 0.941. The maximum atomic E-state index is 4.94. The molecule has 0 spiro atoms. The van der Waals surface area contributed by atoms with E-state index in [1.165, 1.54) is 16.7 Å². The van der Waals surface area contributed by atoms with E-state index in [2.05, 4.69) is 85.6 Å². The van der Waals surface area contributed by atoms with Crippen LogP contribution in [-0.2, 0) is 0 Å². The summed E-state index contributed by atoms with van der Waals surface area (Å²) in [7, 11) is 0. The summed E-state index contributed by atoms with van der Waals surface area (Å²) in [5.74, 6) is 0. The molecule has 0 atom stereocenters. The molecule has 0 amide bonds. The second-order valence-corrected chi connectivity index (χ2v) is 7.05. The highest BCUT2D eigenvalue weighted by molar-refractivity contribution is 5.76. The quantitative estimate of drug-likeness (QED) is 0.427. The Balaban J connectivity index is 1.89. The summed E-state index contributed by atoms with van der Waals surface area (Å²) in [5.41, 5.74) is 9.94. The molecule has 132 valence electrons. The van der Waals surface area contributed by atoms with Crippen LogP contribution in [0.25, 0.3) is 33.6 Å². The zero-order chi connectivity index (χ0) is 18.8. The summed E-state index contributed by atoms with van der Waals surface area (Å²) in [6.07, 6.45) is 1.90. The highest BCUT2D eigenvalue weighted by Gasteiger charge is 2.09. The maximum absolute atomic E-state index is 4.94. The summed E-state index contributed by atoms with van der Waals surface area (Å²) in [5, 5.41) is 0. The van der Waals surface area contributed by atoms with Crippen molar-refractivity contribution in [2.75, 3.05) is 0 Å². The molecule has 4 aromatic rings. The molecule has 0 aliphatic heterocycles. The van der Waals surface area contributed by atoms with E-state index in [9.17, 15) is 0 Å². The van der Waals surface area contributed by atoms with Crippen LogP contribution in [0.3, 0.4) is 0 Å². The van der Waals surface area contributed by atoms with Gasteiger partial charge in [-0.05, 0) is 56.2 Å². The molecule has 0 aliphatic carbocycles. The fourth-order valence-corrected chi connectivity index (χ4v) is 3.08. The largest absolute Gasteiger partial charge is 0.261 e. The third-order valence-corrected chi connectivity index (χ3v) is 4.76. The number of aryl methyl sites for hydroxylation is 3. The number of nitrogens with zero attached hydrogens (tertiary/aromatic N) is 2. The van der Waals surface area contributed by atoms with E-state index in [1.54, 1.807) is 0 Å². The van der Waals surface area contributed by atoms with Crippen molar-refractivity contribution in [3.05, 3.63) is 95.8 Å². The monoisotopic (exact) mass is 350 g/mol. The number of hydrogen-bond donors (Lipinski definition) is 0. The molecule has 0 saturated carbocycles. The van der Waals surface area contributed by atoms with Crippen molar-refractivity contribution in [3.63, 3.8) is 0 Å². The van der Waals surface area contributed by atoms with Gasteiger partial charge in [-0.1, -0.05) is 59.7 Å². The van der Waals surface area contributed by atoms with Crippen molar-refractivity contribution in [2.45, 2.75) is 20.8 Å². The Kier molecular flexibility index (Phi) is 4.55. The zero-order valence-electron chi connectivity index (χ0n) is 15.9. The van der Waals surface area contributed by atoms with Crippen LogP contribution in [0.15, 0.2) is 79.0 Å². The predicted molar refractivity (Wildman–Crippen MR) is 113 cm³/mol. The SMILES string of the molecule is Cc1ccc(-c2cc(-c3ccc(C)cc3)nc(-c3ccc(C)nc3)c2)cc1. The van der Waals surface area contributed by atoms with E-state index in [4.69, 9.17) is 4.98 Å². The van der Waals surface area contributed by atoms with Gasteiger partial charge in [-0.2, -0.15) is 0 Å². The second kappa shape index (κ2) is 7.16. The molecule has 2 nitrogen and oxygen atoms in total. The molecule has 0 N–H and O–H groups in total. The van der Waals surface area contributed by atoms with Crippen LogP contribution in [0.2, 0.25) is 0 Å². The van der Waals surface area contributed by atoms with Gasteiger partial charge in [-0.3, -0.25) is 4.98 Å². The molecule has 2 aromatic heterocycles. The van der Waals surface area contributed by atoms with Crippen molar-refractivity contribution in [1.29, 1.82) is 0 Å². The average Bonchev–Trinajstić information content (AvgIpc) is 2.69. The van der Waals surface area contributed by atoms with Crippen LogP contribution in [0.1, 0.15) is 16.8 Å². The van der Waals surface area contributed by atoms with Crippen LogP contribution in [0.4, 0.5) is 0 Å². The lowest BCUT2D eigenvalue weighted by Gasteiger charge is -2.11. The topological polar surface area (TPSA) is 25.8 Å². The molecular formula is C25H22N2. The van der Waals surface area contributed by atoms with Gasteiger partial charge in [-0.25, -0.2) is 4.98 Å². The number of aromatic nitrogens is 2. The van der Waals surface area contributed by atoms with Gasteiger partial charge in [0, 0.05) is 23.0 Å². The molecule has 2 heterocycles.